The van der Waals surface area contributed by atoms with Crippen molar-refractivity contribution in [2.75, 3.05) is 0 Å². The second-order valence-electron chi connectivity index (χ2n) is 5.88. The molecule has 0 bridgehead atoms. The van der Waals surface area contributed by atoms with Crippen LogP contribution in [0.1, 0.15) is 32.0 Å². The molecule has 0 radical (unpaired) electrons. The zero-order chi connectivity index (χ0) is 16.2. The van der Waals surface area contributed by atoms with Gasteiger partial charge in [0.15, 0.2) is 0 Å². The number of nitrogens with two attached hydrogens (primary N) is 1. The molecule has 2 aromatic rings. The normalized spacial score (nSPS) is 11.3. The highest BCUT2D eigenvalue weighted by atomic mass is 16.6. The summed E-state index contributed by atoms with van der Waals surface area (Å²) in [6, 6.07) is 7.72. The van der Waals surface area contributed by atoms with Crippen molar-refractivity contribution >= 4 is 6.09 Å². The number of carbonyl (C=O) groups is 1. The molecule has 0 aliphatic rings. The van der Waals surface area contributed by atoms with Gasteiger partial charge in [0.2, 0.25) is 0 Å². The Bertz CT molecular complexity index is 645. The molecule has 7 heteroatoms. The predicted octanol–water partition coefficient (Wildman–Crippen LogP) is 1.75. The van der Waals surface area contributed by atoms with E-state index >= 15 is 0 Å². The fourth-order valence-corrected chi connectivity index (χ4v) is 1.81. The van der Waals surface area contributed by atoms with Gasteiger partial charge in [-0.1, -0.05) is 17.3 Å². The number of alkyl carbamates (subject to hydrolysis) is 1. The highest BCUT2D eigenvalue weighted by molar-refractivity contribution is 5.67. The molecule has 22 heavy (non-hydrogen) atoms. The van der Waals surface area contributed by atoms with Gasteiger partial charge in [0.05, 0.1) is 18.4 Å². The fraction of sp³-hybridized carbons (Fsp3) is 0.400. The molecule has 118 valence electrons. The van der Waals surface area contributed by atoms with Crippen LogP contribution in [0, 0.1) is 0 Å². The fourth-order valence-electron chi connectivity index (χ4n) is 1.81. The minimum Gasteiger partial charge on any atom is -0.444 e. The molecular formula is C15H21N5O2. The number of aromatic nitrogens is 3. The summed E-state index contributed by atoms with van der Waals surface area (Å²) in [5.74, 6) is 0. The third-order valence-corrected chi connectivity index (χ3v) is 2.76. The number of amides is 1. The minimum absolute atomic E-state index is 0.255. The van der Waals surface area contributed by atoms with Crippen LogP contribution in [0.15, 0.2) is 30.5 Å². The van der Waals surface area contributed by atoms with Crippen molar-refractivity contribution in [3.8, 4) is 5.69 Å². The number of benzene rings is 1. The van der Waals surface area contributed by atoms with Crippen LogP contribution >= 0.6 is 0 Å². The lowest BCUT2D eigenvalue weighted by molar-refractivity contribution is 0.0523. The molecule has 3 N–H and O–H groups in total. The van der Waals surface area contributed by atoms with E-state index in [9.17, 15) is 4.79 Å². The van der Waals surface area contributed by atoms with E-state index in [1.54, 1.807) is 10.9 Å². The van der Waals surface area contributed by atoms with E-state index in [1.807, 2.05) is 45.0 Å². The van der Waals surface area contributed by atoms with Gasteiger partial charge in [0.1, 0.15) is 11.3 Å². The Morgan fingerprint density at radius 2 is 2.18 bits per heavy atom. The monoisotopic (exact) mass is 303 g/mol. The van der Waals surface area contributed by atoms with E-state index in [-0.39, 0.29) is 6.54 Å². The van der Waals surface area contributed by atoms with E-state index in [1.165, 1.54) is 0 Å². The first-order valence-electron chi connectivity index (χ1n) is 7.05. The van der Waals surface area contributed by atoms with Gasteiger partial charge < -0.3 is 15.8 Å². The summed E-state index contributed by atoms with van der Waals surface area (Å²) in [7, 11) is 0. The summed E-state index contributed by atoms with van der Waals surface area (Å²) < 4.78 is 6.81. The smallest absolute Gasteiger partial charge is 0.407 e. The van der Waals surface area contributed by atoms with Crippen molar-refractivity contribution in [2.45, 2.75) is 39.5 Å². The summed E-state index contributed by atoms with van der Waals surface area (Å²) in [6.07, 6.45) is 1.28. The highest BCUT2D eigenvalue weighted by Crippen LogP contribution is 2.10. The maximum absolute atomic E-state index is 11.6. The molecule has 0 fully saturated rings. The zero-order valence-corrected chi connectivity index (χ0v) is 13.0. The van der Waals surface area contributed by atoms with Crippen LogP contribution in [-0.2, 0) is 17.8 Å². The van der Waals surface area contributed by atoms with E-state index in [4.69, 9.17) is 10.5 Å². The van der Waals surface area contributed by atoms with Crippen LogP contribution < -0.4 is 11.1 Å². The van der Waals surface area contributed by atoms with E-state index in [2.05, 4.69) is 15.6 Å². The maximum Gasteiger partial charge on any atom is 0.407 e. The van der Waals surface area contributed by atoms with Crippen LogP contribution in [0.4, 0.5) is 4.79 Å². The van der Waals surface area contributed by atoms with Crippen molar-refractivity contribution in [3.05, 3.63) is 41.7 Å². The first kappa shape index (κ1) is 16.0. The van der Waals surface area contributed by atoms with E-state index < -0.39 is 11.7 Å². The van der Waals surface area contributed by atoms with Crippen LogP contribution in [-0.4, -0.2) is 26.7 Å². The summed E-state index contributed by atoms with van der Waals surface area (Å²) in [4.78, 5) is 11.6. The molecule has 2 rings (SSSR count). The number of ether oxygens (including phenoxy) is 1. The first-order valence-corrected chi connectivity index (χ1v) is 7.05. The predicted molar refractivity (Wildman–Crippen MR) is 82.3 cm³/mol. The molecule has 0 aliphatic carbocycles. The molecule has 7 nitrogen and oxygen atoms in total. The number of hydrogen-bond acceptors (Lipinski definition) is 5. The number of hydrogen-bond donors (Lipinski definition) is 2. The lowest BCUT2D eigenvalue weighted by Gasteiger charge is -2.19. The van der Waals surface area contributed by atoms with Crippen LogP contribution in [0.25, 0.3) is 5.69 Å². The summed E-state index contributed by atoms with van der Waals surface area (Å²) in [5, 5.41) is 10.7. The average Bonchev–Trinajstić information content (AvgIpc) is 2.92. The van der Waals surface area contributed by atoms with Crippen molar-refractivity contribution in [2.24, 2.45) is 5.73 Å². The Hall–Kier alpha value is -2.41. The summed E-state index contributed by atoms with van der Waals surface area (Å²) >= 11 is 0. The third-order valence-electron chi connectivity index (χ3n) is 2.76. The molecule has 0 spiro atoms. The molecule has 0 atom stereocenters. The van der Waals surface area contributed by atoms with E-state index in [0.717, 1.165) is 11.3 Å². The van der Waals surface area contributed by atoms with Gasteiger partial charge in [-0.15, -0.1) is 5.10 Å². The standard InChI is InChI=1S/C15H21N5O2/c1-15(2,3)22-14(21)17-9-12-10-20(19-18-12)13-6-4-5-11(7-13)8-16/h4-7,10H,8-9,16H2,1-3H3,(H,17,21). The molecule has 1 amide bonds. The topological polar surface area (TPSA) is 95.1 Å². The molecule has 1 aromatic carbocycles. The number of nitrogens with one attached hydrogen (secondary N) is 1. The van der Waals surface area contributed by atoms with E-state index in [0.29, 0.717) is 12.2 Å². The van der Waals surface area contributed by atoms with Crippen molar-refractivity contribution in [1.29, 1.82) is 0 Å². The summed E-state index contributed by atoms with van der Waals surface area (Å²) in [5.41, 5.74) is 7.64. The van der Waals surface area contributed by atoms with Gasteiger partial charge in [-0.3, -0.25) is 0 Å². The van der Waals surface area contributed by atoms with Crippen molar-refractivity contribution in [1.82, 2.24) is 20.3 Å². The summed E-state index contributed by atoms with van der Waals surface area (Å²) in [6.45, 7) is 6.16. The second kappa shape index (κ2) is 6.57. The number of carbonyl (C=O) groups excluding carboxylic acids is 1. The molecule has 0 unspecified atom stereocenters. The van der Waals surface area contributed by atoms with Gasteiger partial charge in [-0.25, -0.2) is 9.48 Å². The molecule has 0 saturated carbocycles. The maximum atomic E-state index is 11.6. The Balaban J connectivity index is 1.98. The average molecular weight is 303 g/mol. The quantitative estimate of drug-likeness (QED) is 0.897. The van der Waals surface area contributed by atoms with Gasteiger partial charge >= 0.3 is 6.09 Å². The van der Waals surface area contributed by atoms with Crippen LogP contribution in [0.2, 0.25) is 0 Å². The first-order chi connectivity index (χ1) is 10.4. The zero-order valence-electron chi connectivity index (χ0n) is 13.0. The Labute approximate surface area is 129 Å². The van der Waals surface area contributed by atoms with Crippen LogP contribution in [0.3, 0.4) is 0 Å². The number of rotatable bonds is 4. The lowest BCUT2D eigenvalue weighted by Crippen LogP contribution is -2.32. The highest BCUT2D eigenvalue weighted by Gasteiger charge is 2.16. The molecular weight excluding hydrogens is 282 g/mol. The van der Waals surface area contributed by atoms with Crippen molar-refractivity contribution < 1.29 is 9.53 Å². The van der Waals surface area contributed by atoms with Gasteiger partial charge in [0.25, 0.3) is 0 Å². The lowest BCUT2D eigenvalue weighted by atomic mass is 10.2. The van der Waals surface area contributed by atoms with Crippen LogP contribution in [0.5, 0.6) is 0 Å². The Kier molecular flexibility index (Phi) is 4.77. The van der Waals surface area contributed by atoms with Gasteiger partial charge in [0, 0.05) is 6.54 Å². The van der Waals surface area contributed by atoms with Gasteiger partial charge in [-0.2, -0.15) is 0 Å². The molecule has 1 aromatic heterocycles. The minimum atomic E-state index is -0.523. The third kappa shape index (κ3) is 4.56. The molecule has 0 saturated heterocycles. The molecule has 0 aliphatic heterocycles. The molecule has 1 heterocycles. The Morgan fingerprint density at radius 1 is 1.41 bits per heavy atom. The second-order valence-corrected chi connectivity index (χ2v) is 5.88. The number of nitrogens with zero attached hydrogens (tertiary/aromatic N) is 3. The largest absolute Gasteiger partial charge is 0.444 e. The van der Waals surface area contributed by atoms with Gasteiger partial charge in [-0.05, 0) is 38.5 Å². The Morgan fingerprint density at radius 3 is 2.86 bits per heavy atom. The SMILES string of the molecule is CC(C)(C)OC(=O)NCc1cn(-c2cccc(CN)c2)nn1. The van der Waals surface area contributed by atoms with Crippen molar-refractivity contribution in [3.63, 3.8) is 0 Å².